The summed E-state index contributed by atoms with van der Waals surface area (Å²) in [5, 5.41) is 6.91. The van der Waals surface area contributed by atoms with Gasteiger partial charge in [0.25, 0.3) is 11.5 Å². The van der Waals surface area contributed by atoms with E-state index in [4.69, 9.17) is 0 Å². The Morgan fingerprint density at radius 3 is 2.40 bits per heavy atom. The molecule has 0 aliphatic rings. The fraction of sp³-hybridized carbons (Fsp3) is 0.222. The minimum Gasteiger partial charge on any atom is -0.346 e. The Morgan fingerprint density at radius 1 is 1.00 bits per heavy atom. The van der Waals surface area contributed by atoms with Crippen LogP contribution in [-0.4, -0.2) is 25.2 Å². The van der Waals surface area contributed by atoms with Crippen LogP contribution in [0.2, 0.25) is 0 Å². The quantitative estimate of drug-likeness (QED) is 0.448. The number of hydrogen-bond acceptors (Lipinski definition) is 5. The molecule has 8 heteroatoms. The molecule has 4 aromatic rings. The summed E-state index contributed by atoms with van der Waals surface area (Å²) in [4.78, 5) is 43.8. The molecule has 4 rings (SSSR count). The maximum atomic E-state index is 13.4. The van der Waals surface area contributed by atoms with Gasteiger partial charge >= 0.3 is 5.69 Å². The van der Waals surface area contributed by atoms with E-state index >= 15 is 0 Å². The van der Waals surface area contributed by atoms with E-state index in [1.165, 1.54) is 0 Å². The van der Waals surface area contributed by atoms with Gasteiger partial charge in [0.2, 0.25) is 5.69 Å². The molecule has 0 fully saturated rings. The van der Waals surface area contributed by atoms with E-state index in [1.54, 1.807) is 30.6 Å². The fourth-order valence-electron chi connectivity index (χ4n) is 3.69. The molecule has 2 aromatic heterocycles. The van der Waals surface area contributed by atoms with Crippen LogP contribution >= 0.6 is 0 Å². The maximum absolute atomic E-state index is 13.4. The van der Waals surface area contributed by atoms with Crippen molar-refractivity contribution in [2.45, 2.75) is 39.8 Å². The second-order valence-corrected chi connectivity index (χ2v) is 8.65. The Bertz CT molecular complexity index is 1460. The van der Waals surface area contributed by atoms with Crippen LogP contribution in [0.25, 0.3) is 5.69 Å². The van der Waals surface area contributed by atoms with Crippen LogP contribution < -0.4 is 16.6 Å². The summed E-state index contributed by atoms with van der Waals surface area (Å²) >= 11 is 0. The van der Waals surface area contributed by atoms with Crippen LogP contribution in [-0.2, 0) is 13.1 Å². The van der Waals surface area contributed by atoms with E-state index in [9.17, 15) is 14.4 Å². The van der Waals surface area contributed by atoms with Gasteiger partial charge in [-0.2, -0.15) is 9.78 Å². The lowest BCUT2D eigenvalue weighted by Crippen LogP contribution is -2.46. The van der Waals surface area contributed by atoms with E-state index in [-0.39, 0.29) is 18.8 Å². The van der Waals surface area contributed by atoms with Crippen LogP contribution in [0.4, 0.5) is 0 Å². The normalized spacial score (nSPS) is 11.0. The average molecular weight is 470 g/mol. The van der Waals surface area contributed by atoms with Crippen LogP contribution in [0.15, 0.2) is 82.6 Å². The van der Waals surface area contributed by atoms with Crippen LogP contribution in [0.3, 0.4) is 0 Å². The number of rotatable bonds is 7. The Hall–Kier alpha value is -4.33. The summed E-state index contributed by atoms with van der Waals surface area (Å²) in [6.45, 7) is 6.26. The van der Waals surface area contributed by atoms with Crippen molar-refractivity contribution in [1.82, 2.24) is 24.6 Å². The molecule has 2 heterocycles. The van der Waals surface area contributed by atoms with Gasteiger partial charge in [-0.3, -0.25) is 19.1 Å². The second-order valence-electron chi connectivity index (χ2n) is 8.65. The molecule has 35 heavy (non-hydrogen) atoms. The molecule has 2 aromatic carbocycles. The minimum atomic E-state index is -0.739. The van der Waals surface area contributed by atoms with Crippen molar-refractivity contribution in [2.24, 2.45) is 0 Å². The van der Waals surface area contributed by atoms with Crippen molar-refractivity contribution < 1.29 is 4.79 Å². The summed E-state index contributed by atoms with van der Waals surface area (Å²) in [6.07, 6.45) is 3.26. The number of hydrogen-bond donors (Lipinski definition) is 1. The lowest BCUT2D eigenvalue weighted by Gasteiger charge is -2.14. The van der Waals surface area contributed by atoms with Crippen LogP contribution in [0, 0.1) is 6.92 Å². The predicted octanol–water partition coefficient (Wildman–Crippen LogP) is 3.20. The number of benzene rings is 2. The highest BCUT2D eigenvalue weighted by Crippen LogP contribution is 2.16. The maximum Gasteiger partial charge on any atom is 0.352 e. The fourth-order valence-corrected chi connectivity index (χ4v) is 3.69. The third kappa shape index (κ3) is 5.27. The zero-order valence-electron chi connectivity index (χ0n) is 19.9. The molecule has 0 aliphatic heterocycles. The van der Waals surface area contributed by atoms with Crippen LogP contribution in [0.5, 0.6) is 0 Å². The molecule has 0 saturated carbocycles. The molecule has 0 saturated heterocycles. The standard InChI is InChI=1S/C27H27N5O3/c1-18(2)21-10-12-23(13-11-21)32-27(35)31(17-22-9-5-4-7-19(22)3)26(34)24(30-32)25(33)29-16-20-8-6-14-28-15-20/h4-15,18H,16-17H2,1-3H3,(H,29,33). The first kappa shape index (κ1) is 23.8. The van der Waals surface area contributed by atoms with Crippen molar-refractivity contribution in [3.05, 3.63) is 122 Å². The number of aromatic nitrogens is 4. The molecule has 0 atom stereocenters. The molecule has 0 aliphatic carbocycles. The van der Waals surface area contributed by atoms with Crippen LogP contribution in [0.1, 0.15) is 52.5 Å². The first-order valence-electron chi connectivity index (χ1n) is 11.4. The van der Waals surface area contributed by atoms with Crippen molar-refractivity contribution in [3.8, 4) is 5.69 Å². The van der Waals surface area contributed by atoms with E-state index in [2.05, 4.69) is 29.2 Å². The molecule has 1 amide bonds. The predicted molar refractivity (Wildman–Crippen MR) is 134 cm³/mol. The molecule has 8 nitrogen and oxygen atoms in total. The first-order valence-corrected chi connectivity index (χ1v) is 11.4. The number of carbonyl (C=O) groups excluding carboxylic acids is 1. The van der Waals surface area contributed by atoms with Crippen molar-refractivity contribution in [1.29, 1.82) is 0 Å². The van der Waals surface area contributed by atoms with Gasteiger partial charge in [0.15, 0.2) is 0 Å². The van der Waals surface area contributed by atoms with Gasteiger partial charge in [-0.05, 0) is 53.3 Å². The number of nitrogens with zero attached hydrogens (tertiary/aromatic N) is 4. The highest BCUT2D eigenvalue weighted by molar-refractivity contribution is 5.91. The van der Waals surface area contributed by atoms with Gasteiger partial charge in [0.1, 0.15) is 0 Å². The first-order chi connectivity index (χ1) is 16.8. The molecule has 1 N–H and O–H groups in total. The third-order valence-electron chi connectivity index (χ3n) is 5.84. The lowest BCUT2D eigenvalue weighted by atomic mass is 10.0. The Labute approximate surface area is 202 Å². The molecule has 0 spiro atoms. The number of amides is 1. The summed E-state index contributed by atoms with van der Waals surface area (Å²) in [5.74, 6) is -0.345. The highest BCUT2D eigenvalue weighted by Gasteiger charge is 2.21. The van der Waals surface area contributed by atoms with Crippen molar-refractivity contribution in [3.63, 3.8) is 0 Å². The topological polar surface area (TPSA) is 98.9 Å². The largest absolute Gasteiger partial charge is 0.352 e. The van der Waals surface area contributed by atoms with Gasteiger partial charge in [0.05, 0.1) is 12.2 Å². The van der Waals surface area contributed by atoms with Gasteiger partial charge < -0.3 is 5.32 Å². The molecular formula is C27H27N5O3. The Balaban J connectivity index is 1.79. The zero-order valence-corrected chi connectivity index (χ0v) is 19.9. The molecule has 0 radical (unpaired) electrons. The van der Waals surface area contributed by atoms with Gasteiger partial charge in [-0.15, -0.1) is 0 Å². The SMILES string of the molecule is Cc1ccccc1Cn1c(=O)c(C(=O)NCc2cccnc2)nn(-c2ccc(C(C)C)cc2)c1=O. The van der Waals surface area contributed by atoms with E-state index in [1.807, 2.05) is 49.4 Å². The van der Waals surface area contributed by atoms with E-state index in [0.29, 0.717) is 11.6 Å². The molecule has 178 valence electrons. The molecular weight excluding hydrogens is 442 g/mol. The van der Waals surface area contributed by atoms with Gasteiger partial charge in [0, 0.05) is 18.9 Å². The smallest absolute Gasteiger partial charge is 0.346 e. The summed E-state index contributed by atoms with van der Waals surface area (Å²) in [7, 11) is 0. The summed E-state index contributed by atoms with van der Waals surface area (Å²) in [6, 6.07) is 18.4. The monoisotopic (exact) mass is 469 g/mol. The minimum absolute atomic E-state index is 0.0276. The number of carbonyl (C=O) groups is 1. The van der Waals surface area contributed by atoms with Gasteiger partial charge in [-0.1, -0.05) is 56.3 Å². The van der Waals surface area contributed by atoms with Crippen molar-refractivity contribution >= 4 is 5.91 Å². The lowest BCUT2D eigenvalue weighted by molar-refractivity contribution is 0.0941. The number of nitrogens with one attached hydrogen (secondary N) is 1. The average Bonchev–Trinajstić information content (AvgIpc) is 2.87. The number of pyridine rings is 1. The zero-order chi connectivity index (χ0) is 24.9. The van der Waals surface area contributed by atoms with Crippen molar-refractivity contribution in [2.75, 3.05) is 0 Å². The van der Waals surface area contributed by atoms with Gasteiger partial charge in [-0.25, -0.2) is 4.79 Å². The van der Waals surface area contributed by atoms with E-state index < -0.39 is 17.2 Å². The second kappa shape index (κ2) is 10.3. The Morgan fingerprint density at radius 2 is 1.74 bits per heavy atom. The number of aryl methyl sites for hydroxylation is 1. The molecule has 0 bridgehead atoms. The highest BCUT2D eigenvalue weighted by atomic mass is 16.2. The summed E-state index contributed by atoms with van der Waals surface area (Å²) in [5.41, 5.74) is 2.39. The summed E-state index contributed by atoms with van der Waals surface area (Å²) < 4.78 is 2.17. The van der Waals surface area contributed by atoms with E-state index in [0.717, 1.165) is 31.5 Å². The Kier molecular flexibility index (Phi) is 7.01. The molecule has 0 unspecified atom stereocenters. The third-order valence-corrected chi connectivity index (χ3v) is 5.84.